The van der Waals surface area contributed by atoms with Gasteiger partial charge in [-0.15, -0.1) is 8.78 Å². The van der Waals surface area contributed by atoms with E-state index in [-0.39, 0.29) is 34.8 Å². The van der Waals surface area contributed by atoms with E-state index in [1.54, 1.807) is 24.3 Å². The van der Waals surface area contributed by atoms with Crippen molar-refractivity contribution >= 4 is 35.6 Å². The fourth-order valence-corrected chi connectivity index (χ4v) is 5.97. The van der Waals surface area contributed by atoms with Crippen molar-refractivity contribution in [1.29, 1.82) is 0 Å². The molecule has 14 nitrogen and oxygen atoms in total. The molecule has 57 heavy (non-hydrogen) atoms. The van der Waals surface area contributed by atoms with Crippen LogP contribution in [-0.4, -0.2) is 78.0 Å². The molecule has 6 rings (SSSR count). The number of hydrogen-bond acceptors (Lipinski definition) is 12. The Hall–Kier alpha value is -6.58. The second-order valence-electron chi connectivity index (χ2n) is 13.1. The van der Waals surface area contributed by atoms with E-state index < -0.39 is 41.2 Å². The summed E-state index contributed by atoms with van der Waals surface area (Å²) in [7, 11) is 0. The van der Waals surface area contributed by atoms with Gasteiger partial charge in [0.05, 0.1) is 24.3 Å². The highest BCUT2D eigenvalue weighted by Gasteiger charge is 2.47. The third-order valence-corrected chi connectivity index (χ3v) is 8.96. The van der Waals surface area contributed by atoms with Crippen LogP contribution in [0, 0.1) is 0 Å². The normalized spacial score (nSPS) is 15.1. The van der Waals surface area contributed by atoms with Gasteiger partial charge in [-0.05, 0) is 86.3 Å². The lowest BCUT2D eigenvalue weighted by Gasteiger charge is -2.13. The number of nitrogens with zero attached hydrogens (tertiary/aromatic N) is 2. The zero-order valence-electron chi connectivity index (χ0n) is 30.6. The monoisotopic (exact) mass is 788 g/mol. The Morgan fingerprint density at radius 2 is 0.860 bits per heavy atom. The topological polar surface area (TPSA) is 164 Å². The van der Waals surface area contributed by atoms with E-state index in [4.69, 9.17) is 18.9 Å². The third-order valence-electron chi connectivity index (χ3n) is 8.96. The summed E-state index contributed by atoms with van der Waals surface area (Å²) in [6.45, 7) is 1.55. The summed E-state index contributed by atoms with van der Waals surface area (Å²) < 4.78 is 59.9. The highest BCUT2D eigenvalue weighted by Crippen LogP contribution is 2.52. The van der Waals surface area contributed by atoms with Gasteiger partial charge < -0.3 is 28.4 Å². The van der Waals surface area contributed by atoms with E-state index in [1.165, 1.54) is 58.4 Å². The highest BCUT2D eigenvalue weighted by atomic mass is 19.3. The quantitative estimate of drug-likeness (QED) is 0.0554. The molecule has 16 heteroatoms. The van der Waals surface area contributed by atoms with Gasteiger partial charge >= 0.3 is 18.2 Å². The van der Waals surface area contributed by atoms with Crippen molar-refractivity contribution in [3.05, 3.63) is 96.1 Å². The molecule has 3 aromatic rings. The van der Waals surface area contributed by atoms with E-state index in [0.717, 1.165) is 50.7 Å². The van der Waals surface area contributed by atoms with Crippen LogP contribution in [0.4, 0.5) is 8.78 Å². The summed E-state index contributed by atoms with van der Waals surface area (Å²) in [5, 5.41) is 0. The highest BCUT2D eigenvalue weighted by molar-refractivity contribution is 6.13. The molecule has 0 bridgehead atoms. The molecule has 3 aromatic carbocycles. The van der Waals surface area contributed by atoms with Crippen molar-refractivity contribution < 1.29 is 66.0 Å². The second-order valence-corrected chi connectivity index (χ2v) is 13.1. The van der Waals surface area contributed by atoms with Crippen LogP contribution >= 0.6 is 0 Å². The van der Waals surface area contributed by atoms with Crippen molar-refractivity contribution in [2.45, 2.75) is 57.7 Å². The maximum Gasteiger partial charge on any atom is 0.586 e. The van der Waals surface area contributed by atoms with Crippen LogP contribution in [0.15, 0.2) is 85.0 Å². The summed E-state index contributed by atoms with van der Waals surface area (Å²) in [5.74, 6) is -4.01. The van der Waals surface area contributed by atoms with Crippen molar-refractivity contribution in [3.63, 3.8) is 0 Å². The molecule has 0 radical (unpaired) electrons. The molecule has 0 saturated heterocycles. The Kier molecular flexibility index (Phi) is 12.9. The largest absolute Gasteiger partial charge is 0.586 e. The van der Waals surface area contributed by atoms with Gasteiger partial charge in [-0.2, -0.15) is 0 Å². The van der Waals surface area contributed by atoms with Gasteiger partial charge in [0.25, 0.3) is 23.6 Å². The number of benzene rings is 3. The lowest BCUT2D eigenvalue weighted by molar-refractivity contribution is -0.287. The van der Waals surface area contributed by atoms with E-state index in [0.29, 0.717) is 50.6 Å². The van der Waals surface area contributed by atoms with Crippen LogP contribution in [-0.2, 0) is 19.2 Å². The molecule has 298 valence electrons. The zero-order chi connectivity index (χ0) is 40.4. The first-order valence-electron chi connectivity index (χ1n) is 18.4. The molecule has 0 spiro atoms. The molecule has 0 fully saturated rings. The molecule has 4 amide bonds. The summed E-state index contributed by atoms with van der Waals surface area (Å²) in [4.78, 5) is 74.7. The third kappa shape index (κ3) is 10.6. The first-order chi connectivity index (χ1) is 27.5. The van der Waals surface area contributed by atoms with E-state index in [2.05, 4.69) is 9.47 Å². The molecule has 3 aliphatic heterocycles. The van der Waals surface area contributed by atoms with Gasteiger partial charge in [-0.25, -0.2) is 9.59 Å². The smallest absolute Gasteiger partial charge is 0.494 e. The molecule has 0 atom stereocenters. The van der Waals surface area contributed by atoms with E-state index in [1.807, 2.05) is 0 Å². The Balaban J connectivity index is 0.932. The van der Waals surface area contributed by atoms with Crippen LogP contribution in [0.2, 0.25) is 0 Å². The number of alkyl halides is 2. The number of carbonyl (C=O) groups is 6. The van der Waals surface area contributed by atoms with Gasteiger partial charge in [0.1, 0.15) is 11.5 Å². The predicted molar refractivity (Wildman–Crippen MR) is 195 cm³/mol. The van der Waals surface area contributed by atoms with Gasteiger partial charge in [0, 0.05) is 37.4 Å². The molecule has 3 heterocycles. The van der Waals surface area contributed by atoms with Crippen molar-refractivity contribution in [1.82, 2.24) is 9.80 Å². The number of imide groups is 2. The number of ether oxygens (including phenoxy) is 6. The van der Waals surface area contributed by atoms with Crippen LogP contribution in [0.1, 0.15) is 72.1 Å². The Labute approximate surface area is 325 Å². The minimum Gasteiger partial charge on any atom is -0.494 e. The standard InChI is InChI=1S/C41H38F2N2O12/c42-41(43)56-37-31(54-39(50)27-9-13-29(14-10-27)52-25-7-3-1-5-23-44-33(46)19-20-34(44)47)17-18-32(38(37)57-41)55-40(51)28-11-15-30(16-12-28)53-26-8-4-2-6-24-45-35(48)21-22-36(45)49/h9-22H,1-8,23-26H2. The number of amides is 4. The Bertz CT molecular complexity index is 1880. The molecular weight excluding hydrogens is 750 g/mol. The number of halogens is 2. The fraction of sp³-hybridized carbons (Fsp3) is 0.317. The molecule has 0 aliphatic carbocycles. The minimum absolute atomic E-state index is 0.0913. The molecule has 0 unspecified atom stereocenters. The summed E-state index contributed by atoms with van der Waals surface area (Å²) in [6.07, 6.45) is 7.01. The van der Waals surface area contributed by atoms with E-state index in [9.17, 15) is 37.5 Å². The number of carbonyl (C=O) groups excluding carboxylic acids is 6. The molecule has 0 N–H and O–H groups in total. The van der Waals surface area contributed by atoms with Crippen molar-refractivity contribution in [2.75, 3.05) is 26.3 Å². The first-order valence-corrected chi connectivity index (χ1v) is 18.4. The van der Waals surface area contributed by atoms with Gasteiger partial charge in [-0.3, -0.25) is 29.0 Å². The van der Waals surface area contributed by atoms with Crippen LogP contribution in [0.25, 0.3) is 0 Å². The Morgan fingerprint density at radius 3 is 1.23 bits per heavy atom. The summed E-state index contributed by atoms with van der Waals surface area (Å²) in [5.41, 5.74) is 0.183. The van der Waals surface area contributed by atoms with Crippen LogP contribution in [0.5, 0.6) is 34.5 Å². The number of unbranched alkanes of at least 4 members (excludes halogenated alkanes) is 6. The number of hydrogen-bond donors (Lipinski definition) is 0. The van der Waals surface area contributed by atoms with Crippen LogP contribution < -0.4 is 28.4 Å². The first kappa shape index (κ1) is 40.1. The SMILES string of the molecule is O=C(Oc1ccc(OC(=O)c2ccc(OCCCCCCN3C(=O)C=CC3=O)cc2)c2c1OC(F)(F)O2)c1ccc(OCCCCCCN2C(=O)C=CC2=O)cc1. The average Bonchev–Trinajstić information content (AvgIpc) is 3.83. The number of rotatable bonds is 20. The van der Waals surface area contributed by atoms with Gasteiger partial charge in [0.2, 0.25) is 11.5 Å². The molecule has 0 aromatic heterocycles. The predicted octanol–water partition coefficient (Wildman–Crippen LogP) is 6.17. The maximum atomic E-state index is 14.3. The molecule has 3 aliphatic rings. The fourth-order valence-electron chi connectivity index (χ4n) is 5.97. The average molecular weight is 789 g/mol. The van der Waals surface area contributed by atoms with Gasteiger partial charge in [-0.1, -0.05) is 25.7 Å². The zero-order valence-corrected chi connectivity index (χ0v) is 30.6. The minimum atomic E-state index is -4.13. The maximum absolute atomic E-state index is 14.3. The number of fused-ring (bicyclic) bond motifs is 1. The number of esters is 2. The van der Waals surface area contributed by atoms with Crippen molar-refractivity contribution in [3.8, 4) is 34.5 Å². The summed E-state index contributed by atoms with van der Waals surface area (Å²) >= 11 is 0. The van der Waals surface area contributed by atoms with Gasteiger partial charge in [0.15, 0.2) is 11.5 Å². The lowest BCUT2D eigenvalue weighted by Crippen LogP contribution is -2.30. The summed E-state index contributed by atoms with van der Waals surface area (Å²) in [6, 6.07) is 14.3. The molecule has 0 saturated carbocycles. The molecular formula is C41H38F2N2O12. The van der Waals surface area contributed by atoms with Crippen LogP contribution in [0.3, 0.4) is 0 Å². The van der Waals surface area contributed by atoms with Crippen molar-refractivity contribution in [2.24, 2.45) is 0 Å². The Morgan fingerprint density at radius 1 is 0.509 bits per heavy atom. The van der Waals surface area contributed by atoms with E-state index >= 15 is 0 Å². The lowest BCUT2D eigenvalue weighted by atomic mass is 10.2. The second kappa shape index (κ2) is 18.4.